The second-order valence-corrected chi connectivity index (χ2v) is 4.54. The molecule has 0 spiro atoms. The molecule has 2 aromatic rings. The number of aromatic nitrogens is 3. The van der Waals surface area contributed by atoms with Gasteiger partial charge in [-0.1, -0.05) is 0 Å². The molecule has 0 fully saturated rings. The summed E-state index contributed by atoms with van der Waals surface area (Å²) in [6.07, 6.45) is 0.939. The predicted octanol–water partition coefficient (Wildman–Crippen LogP) is 2.03. The Hall–Kier alpha value is -1.89. The lowest BCUT2D eigenvalue weighted by Gasteiger charge is -2.08. The SMILES string of the molecule is CCOc1nc(NC)nc(NCCc2ccsc2)n1. The minimum absolute atomic E-state index is 0.333. The van der Waals surface area contributed by atoms with Gasteiger partial charge in [0.25, 0.3) is 0 Å². The van der Waals surface area contributed by atoms with Crippen LogP contribution in [0.1, 0.15) is 12.5 Å². The molecule has 0 saturated carbocycles. The average molecular weight is 279 g/mol. The third-order valence-corrected chi connectivity index (χ3v) is 3.12. The highest BCUT2D eigenvalue weighted by Gasteiger charge is 2.05. The van der Waals surface area contributed by atoms with Crippen LogP contribution in [0.3, 0.4) is 0 Å². The third kappa shape index (κ3) is 4.06. The quantitative estimate of drug-likeness (QED) is 0.808. The molecule has 0 atom stereocenters. The Balaban J connectivity index is 1.96. The Kier molecular flexibility index (Phi) is 4.91. The summed E-state index contributed by atoms with van der Waals surface area (Å²) in [7, 11) is 1.76. The van der Waals surface area contributed by atoms with E-state index in [4.69, 9.17) is 4.74 Å². The fraction of sp³-hybridized carbons (Fsp3) is 0.417. The van der Waals surface area contributed by atoms with Crippen LogP contribution < -0.4 is 15.4 Å². The summed E-state index contributed by atoms with van der Waals surface area (Å²) in [4.78, 5) is 12.5. The van der Waals surface area contributed by atoms with Crippen molar-refractivity contribution in [3.05, 3.63) is 22.4 Å². The summed E-state index contributed by atoms with van der Waals surface area (Å²) in [6.45, 7) is 3.20. The fourth-order valence-electron chi connectivity index (χ4n) is 1.49. The van der Waals surface area contributed by atoms with Gasteiger partial charge < -0.3 is 15.4 Å². The molecule has 0 radical (unpaired) electrons. The van der Waals surface area contributed by atoms with Crippen LogP contribution in [0.5, 0.6) is 6.01 Å². The van der Waals surface area contributed by atoms with Crippen LogP contribution in [0.15, 0.2) is 16.8 Å². The van der Waals surface area contributed by atoms with E-state index in [0.717, 1.165) is 13.0 Å². The molecule has 6 nitrogen and oxygen atoms in total. The van der Waals surface area contributed by atoms with Crippen LogP contribution >= 0.6 is 11.3 Å². The highest BCUT2D eigenvalue weighted by atomic mass is 32.1. The van der Waals surface area contributed by atoms with E-state index in [2.05, 4.69) is 42.4 Å². The van der Waals surface area contributed by atoms with Gasteiger partial charge in [0.15, 0.2) is 0 Å². The van der Waals surface area contributed by atoms with Gasteiger partial charge in [0, 0.05) is 13.6 Å². The van der Waals surface area contributed by atoms with E-state index in [1.807, 2.05) is 6.92 Å². The van der Waals surface area contributed by atoms with Crippen LogP contribution in [0, 0.1) is 0 Å². The van der Waals surface area contributed by atoms with Gasteiger partial charge in [-0.3, -0.25) is 0 Å². The molecule has 19 heavy (non-hydrogen) atoms. The molecule has 0 saturated heterocycles. The molecule has 102 valence electrons. The van der Waals surface area contributed by atoms with Gasteiger partial charge >= 0.3 is 6.01 Å². The average Bonchev–Trinajstić information content (AvgIpc) is 2.92. The second kappa shape index (κ2) is 6.89. The lowest BCUT2D eigenvalue weighted by Crippen LogP contribution is -2.11. The highest BCUT2D eigenvalue weighted by Crippen LogP contribution is 2.11. The zero-order valence-corrected chi connectivity index (χ0v) is 11.8. The first-order chi connectivity index (χ1) is 9.31. The van der Waals surface area contributed by atoms with Gasteiger partial charge in [0.2, 0.25) is 11.9 Å². The number of nitrogens with one attached hydrogen (secondary N) is 2. The van der Waals surface area contributed by atoms with Crippen molar-refractivity contribution in [1.29, 1.82) is 0 Å². The van der Waals surface area contributed by atoms with E-state index in [1.165, 1.54) is 5.56 Å². The molecule has 2 heterocycles. The molecule has 7 heteroatoms. The number of anilines is 2. The summed E-state index contributed by atoms with van der Waals surface area (Å²) in [6, 6.07) is 2.45. The summed E-state index contributed by atoms with van der Waals surface area (Å²) >= 11 is 1.70. The molecule has 2 N–H and O–H groups in total. The first kappa shape index (κ1) is 13.5. The molecule has 2 rings (SSSR count). The molecule has 0 aliphatic heterocycles. The van der Waals surface area contributed by atoms with E-state index >= 15 is 0 Å². The summed E-state index contributed by atoms with van der Waals surface area (Å²) < 4.78 is 5.30. The maximum absolute atomic E-state index is 5.30. The molecule has 0 aliphatic carbocycles. The fourth-order valence-corrected chi connectivity index (χ4v) is 2.20. The van der Waals surface area contributed by atoms with Crippen molar-refractivity contribution in [1.82, 2.24) is 15.0 Å². The molecule has 2 aromatic heterocycles. The van der Waals surface area contributed by atoms with Crippen molar-refractivity contribution in [3.8, 4) is 6.01 Å². The molecule has 0 bridgehead atoms. The second-order valence-electron chi connectivity index (χ2n) is 3.76. The lowest BCUT2D eigenvalue weighted by molar-refractivity contribution is 0.312. The Morgan fingerprint density at radius 2 is 2.11 bits per heavy atom. The molecule has 0 unspecified atom stereocenters. The summed E-state index contributed by atoms with van der Waals surface area (Å²) in [5, 5.41) is 10.3. The van der Waals surface area contributed by atoms with Crippen molar-refractivity contribution < 1.29 is 4.74 Å². The van der Waals surface area contributed by atoms with Gasteiger partial charge in [-0.05, 0) is 35.7 Å². The number of ether oxygens (including phenoxy) is 1. The van der Waals surface area contributed by atoms with E-state index < -0.39 is 0 Å². The van der Waals surface area contributed by atoms with E-state index in [1.54, 1.807) is 18.4 Å². The van der Waals surface area contributed by atoms with Gasteiger partial charge in [-0.15, -0.1) is 0 Å². The van der Waals surface area contributed by atoms with Crippen LogP contribution in [0.25, 0.3) is 0 Å². The minimum atomic E-state index is 0.333. The number of nitrogens with zero attached hydrogens (tertiary/aromatic N) is 3. The van der Waals surface area contributed by atoms with Crippen molar-refractivity contribution in [2.24, 2.45) is 0 Å². The first-order valence-corrected chi connectivity index (χ1v) is 7.07. The van der Waals surface area contributed by atoms with Crippen LogP contribution in [0.4, 0.5) is 11.9 Å². The Morgan fingerprint density at radius 1 is 1.26 bits per heavy atom. The van der Waals surface area contributed by atoms with Gasteiger partial charge in [-0.2, -0.15) is 26.3 Å². The maximum atomic E-state index is 5.30. The number of rotatable bonds is 7. The molecular weight excluding hydrogens is 262 g/mol. The molecular formula is C12H17N5OS. The van der Waals surface area contributed by atoms with Crippen molar-refractivity contribution in [2.75, 3.05) is 30.8 Å². The highest BCUT2D eigenvalue weighted by molar-refractivity contribution is 7.07. The third-order valence-electron chi connectivity index (χ3n) is 2.39. The maximum Gasteiger partial charge on any atom is 0.323 e. The zero-order valence-electron chi connectivity index (χ0n) is 11.0. The van der Waals surface area contributed by atoms with E-state index in [0.29, 0.717) is 24.5 Å². The molecule has 0 aromatic carbocycles. The Morgan fingerprint density at radius 3 is 2.79 bits per heavy atom. The summed E-state index contributed by atoms with van der Waals surface area (Å²) in [5.41, 5.74) is 1.31. The normalized spacial score (nSPS) is 10.2. The van der Waals surface area contributed by atoms with Crippen molar-refractivity contribution >= 4 is 23.2 Å². The zero-order chi connectivity index (χ0) is 13.5. The van der Waals surface area contributed by atoms with Gasteiger partial charge in [0.1, 0.15) is 0 Å². The molecule has 0 aliphatic rings. The lowest BCUT2D eigenvalue weighted by atomic mass is 10.2. The van der Waals surface area contributed by atoms with Crippen molar-refractivity contribution in [2.45, 2.75) is 13.3 Å². The standard InChI is InChI=1S/C12H17N5OS/c1-3-18-12-16-10(13-2)15-11(17-12)14-6-4-9-5-7-19-8-9/h5,7-8H,3-4,6H2,1-2H3,(H2,13,14,15,16,17). The Bertz CT molecular complexity index is 503. The first-order valence-electron chi connectivity index (χ1n) is 6.13. The monoisotopic (exact) mass is 279 g/mol. The minimum Gasteiger partial charge on any atom is -0.464 e. The topological polar surface area (TPSA) is 72.0 Å². The Labute approximate surface area is 116 Å². The smallest absolute Gasteiger partial charge is 0.323 e. The van der Waals surface area contributed by atoms with Crippen LogP contribution in [-0.2, 0) is 6.42 Å². The summed E-state index contributed by atoms with van der Waals surface area (Å²) in [5.74, 6) is 1.02. The largest absolute Gasteiger partial charge is 0.464 e. The van der Waals surface area contributed by atoms with Gasteiger partial charge in [0.05, 0.1) is 6.61 Å². The molecule has 0 amide bonds. The van der Waals surface area contributed by atoms with Gasteiger partial charge in [-0.25, -0.2) is 0 Å². The van der Waals surface area contributed by atoms with E-state index in [9.17, 15) is 0 Å². The van der Waals surface area contributed by atoms with E-state index in [-0.39, 0.29) is 0 Å². The number of hydrogen-bond donors (Lipinski definition) is 2. The number of thiophene rings is 1. The predicted molar refractivity (Wildman–Crippen MR) is 77.1 cm³/mol. The van der Waals surface area contributed by atoms with Crippen LogP contribution in [-0.4, -0.2) is 35.2 Å². The number of hydrogen-bond acceptors (Lipinski definition) is 7. The van der Waals surface area contributed by atoms with Crippen LogP contribution in [0.2, 0.25) is 0 Å². The van der Waals surface area contributed by atoms with Crippen molar-refractivity contribution in [3.63, 3.8) is 0 Å².